The van der Waals surface area contributed by atoms with E-state index in [1.165, 1.54) is 0 Å². The zero-order valence-corrected chi connectivity index (χ0v) is 18.6. The van der Waals surface area contributed by atoms with E-state index in [-0.39, 0.29) is 6.03 Å². The summed E-state index contributed by atoms with van der Waals surface area (Å²) in [6.07, 6.45) is 4.46. The number of urea groups is 1. The number of piperazine rings is 1. The molecule has 7 heteroatoms. The minimum Gasteiger partial charge on any atom is -0.338 e. The number of amides is 2. The number of nitrogens with zero attached hydrogens (tertiary/aromatic N) is 4. The van der Waals surface area contributed by atoms with Crippen LogP contribution in [0.25, 0.3) is 0 Å². The Bertz CT molecular complexity index is 1090. The topological polar surface area (TPSA) is 73.4 Å². The molecular weight excluding hydrogens is 412 g/mol. The molecule has 7 nitrogen and oxygen atoms in total. The molecule has 2 aromatic carbocycles. The number of rotatable bonds is 6. The second kappa shape index (κ2) is 11.7. The van der Waals surface area contributed by atoms with Crippen molar-refractivity contribution in [1.29, 1.82) is 0 Å². The molecule has 1 fully saturated rings. The Balaban J connectivity index is 1.15. The number of aromatic nitrogens is 2. The van der Waals surface area contributed by atoms with Crippen LogP contribution in [0.4, 0.5) is 16.4 Å². The summed E-state index contributed by atoms with van der Waals surface area (Å²) < 4.78 is 0. The van der Waals surface area contributed by atoms with Crippen molar-refractivity contribution in [2.45, 2.75) is 6.42 Å². The average molecular weight is 441 g/mol. The van der Waals surface area contributed by atoms with Gasteiger partial charge in [0.05, 0.1) is 0 Å². The monoisotopic (exact) mass is 440 g/mol. The van der Waals surface area contributed by atoms with E-state index in [9.17, 15) is 4.79 Å². The van der Waals surface area contributed by atoms with Crippen LogP contribution in [0.15, 0.2) is 73.1 Å². The summed E-state index contributed by atoms with van der Waals surface area (Å²) in [4.78, 5) is 25.5. The summed E-state index contributed by atoms with van der Waals surface area (Å²) in [5.74, 6) is 7.07. The summed E-state index contributed by atoms with van der Waals surface area (Å²) in [6, 6.07) is 19.0. The first kappa shape index (κ1) is 22.3. The molecule has 1 saturated heterocycles. The lowest BCUT2D eigenvalue weighted by Crippen LogP contribution is -2.47. The third kappa shape index (κ3) is 7.06. The van der Waals surface area contributed by atoms with Crippen LogP contribution in [0.1, 0.15) is 17.5 Å². The van der Waals surface area contributed by atoms with Gasteiger partial charge in [-0.3, -0.25) is 4.90 Å². The van der Waals surface area contributed by atoms with Crippen molar-refractivity contribution in [3.05, 3.63) is 84.2 Å². The molecule has 3 aromatic rings. The van der Waals surface area contributed by atoms with Crippen LogP contribution in [0.5, 0.6) is 0 Å². The molecule has 0 bridgehead atoms. The Morgan fingerprint density at radius 2 is 1.61 bits per heavy atom. The molecule has 168 valence electrons. The van der Waals surface area contributed by atoms with Gasteiger partial charge in [0, 0.05) is 61.9 Å². The van der Waals surface area contributed by atoms with E-state index in [4.69, 9.17) is 0 Å². The van der Waals surface area contributed by atoms with Gasteiger partial charge < -0.3 is 15.5 Å². The van der Waals surface area contributed by atoms with E-state index in [1.807, 2.05) is 60.7 Å². The Hall–Kier alpha value is -3.89. The highest BCUT2D eigenvalue weighted by Gasteiger charge is 2.18. The van der Waals surface area contributed by atoms with E-state index in [0.717, 1.165) is 61.9 Å². The standard InChI is InChI=1S/C26H28N6O/c33-26(30-24-10-4-9-23(21-24)12-11-22-7-2-1-3-8-22)29-15-6-16-31-17-19-32(20-18-31)25-27-13-5-14-28-25/h1-5,7-10,13-14,21H,6,15-20H2,(H2,29,30,33). The molecule has 0 radical (unpaired) electrons. The number of benzene rings is 2. The maximum Gasteiger partial charge on any atom is 0.319 e. The molecule has 0 atom stereocenters. The molecule has 4 rings (SSSR count). The van der Waals surface area contributed by atoms with Gasteiger partial charge in [-0.05, 0) is 49.4 Å². The highest BCUT2D eigenvalue weighted by Crippen LogP contribution is 2.11. The molecule has 0 spiro atoms. The Morgan fingerprint density at radius 3 is 2.39 bits per heavy atom. The summed E-state index contributed by atoms with van der Waals surface area (Å²) in [5.41, 5.74) is 2.55. The summed E-state index contributed by atoms with van der Waals surface area (Å²) >= 11 is 0. The maximum atomic E-state index is 12.3. The molecule has 2 heterocycles. The second-order valence-corrected chi connectivity index (χ2v) is 7.81. The minimum atomic E-state index is -0.200. The zero-order valence-electron chi connectivity index (χ0n) is 18.6. The van der Waals surface area contributed by atoms with Crippen LogP contribution < -0.4 is 15.5 Å². The van der Waals surface area contributed by atoms with Crippen molar-refractivity contribution in [3.63, 3.8) is 0 Å². The molecule has 1 aliphatic rings. The van der Waals surface area contributed by atoms with Gasteiger partial charge in [-0.1, -0.05) is 36.1 Å². The van der Waals surface area contributed by atoms with Crippen LogP contribution in [0.3, 0.4) is 0 Å². The van der Waals surface area contributed by atoms with Crippen LogP contribution in [0, 0.1) is 11.8 Å². The summed E-state index contributed by atoms with van der Waals surface area (Å²) in [5, 5.41) is 5.83. The molecule has 1 aliphatic heterocycles. The van der Waals surface area contributed by atoms with E-state index in [0.29, 0.717) is 6.54 Å². The Morgan fingerprint density at radius 1 is 0.879 bits per heavy atom. The summed E-state index contributed by atoms with van der Waals surface area (Å²) in [7, 11) is 0. The molecule has 0 unspecified atom stereocenters. The van der Waals surface area contributed by atoms with E-state index < -0.39 is 0 Å². The number of hydrogen-bond donors (Lipinski definition) is 2. The number of anilines is 2. The van der Waals surface area contributed by atoms with Crippen molar-refractivity contribution in [1.82, 2.24) is 20.2 Å². The predicted molar refractivity (Wildman–Crippen MR) is 131 cm³/mol. The zero-order chi connectivity index (χ0) is 22.7. The van der Waals surface area contributed by atoms with Crippen molar-refractivity contribution >= 4 is 17.7 Å². The fourth-order valence-electron chi connectivity index (χ4n) is 3.65. The maximum absolute atomic E-state index is 12.3. The summed E-state index contributed by atoms with van der Waals surface area (Å²) in [6.45, 7) is 5.36. The first-order valence-electron chi connectivity index (χ1n) is 11.2. The van der Waals surface area contributed by atoms with Crippen molar-refractivity contribution < 1.29 is 4.79 Å². The first-order valence-corrected chi connectivity index (χ1v) is 11.2. The number of carbonyl (C=O) groups is 1. The van der Waals surface area contributed by atoms with Crippen LogP contribution in [-0.2, 0) is 0 Å². The van der Waals surface area contributed by atoms with Crippen LogP contribution in [-0.4, -0.2) is 60.2 Å². The van der Waals surface area contributed by atoms with Gasteiger partial charge in [0.2, 0.25) is 5.95 Å². The SMILES string of the molecule is O=C(NCCCN1CCN(c2ncccn2)CC1)Nc1cccc(C#Cc2ccccc2)c1. The molecule has 0 saturated carbocycles. The fourth-order valence-corrected chi connectivity index (χ4v) is 3.65. The normalized spacial score (nSPS) is 13.6. The highest BCUT2D eigenvalue weighted by molar-refractivity contribution is 5.89. The largest absolute Gasteiger partial charge is 0.338 e. The van der Waals surface area contributed by atoms with Gasteiger partial charge in [0.1, 0.15) is 0 Å². The van der Waals surface area contributed by atoms with Gasteiger partial charge in [-0.15, -0.1) is 0 Å². The van der Waals surface area contributed by atoms with Gasteiger partial charge in [0.15, 0.2) is 0 Å². The molecule has 1 aromatic heterocycles. The lowest BCUT2D eigenvalue weighted by molar-refractivity contribution is 0.244. The molecule has 0 aliphatic carbocycles. The average Bonchev–Trinajstić information content (AvgIpc) is 2.87. The molecule has 2 amide bonds. The molecule has 33 heavy (non-hydrogen) atoms. The van der Waals surface area contributed by atoms with Gasteiger partial charge in [-0.25, -0.2) is 14.8 Å². The molecular formula is C26H28N6O. The Labute approximate surface area is 194 Å². The second-order valence-electron chi connectivity index (χ2n) is 7.81. The number of hydrogen-bond acceptors (Lipinski definition) is 5. The minimum absolute atomic E-state index is 0.200. The van der Waals surface area contributed by atoms with Gasteiger partial charge >= 0.3 is 6.03 Å². The van der Waals surface area contributed by atoms with E-state index >= 15 is 0 Å². The van der Waals surface area contributed by atoms with Crippen molar-refractivity contribution in [3.8, 4) is 11.8 Å². The van der Waals surface area contributed by atoms with Crippen LogP contribution >= 0.6 is 0 Å². The lowest BCUT2D eigenvalue weighted by atomic mass is 10.1. The lowest BCUT2D eigenvalue weighted by Gasteiger charge is -2.34. The third-order valence-electron chi connectivity index (χ3n) is 5.39. The third-order valence-corrected chi connectivity index (χ3v) is 5.39. The Kier molecular flexibility index (Phi) is 7.88. The van der Waals surface area contributed by atoms with E-state index in [2.05, 4.69) is 42.2 Å². The molecule has 2 N–H and O–H groups in total. The van der Waals surface area contributed by atoms with Crippen molar-refractivity contribution in [2.75, 3.05) is 49.5 Å². The fraction of sp³-hybridized carbons (Fsp3) is 0.269. The van der Waals surface area contributed by atoms with Gasteiger partial charge in [0.25, 0.3) is 0 Å². The smallest absolute Gasteiger partial charge is 0.319 e. The quantitative estimate of drug-likeness (QED) is 0.455. The number of nitrogens with one attached hydrogen (secondary N) is 2. The number of carbonyl (C=O) groups excluding carboxylic acids is 1. The van der Waals surface area contributed by atoms with Crippen molar-refractivity contribution in [2.24, 2.45) is 0 Å². The van der Waals surface area contributed by atoms with E-state index in [1.54, 1.807) is 12.4 Å². The van der Waals surface area contributed by atoms with Crippen LogP contribution in [0.2, 0.25) is 0 Å². The highest BCUT2D eigenvalue weighted by atomic mass is 16.2. The van der Waals surface area contributed by atoms with Gasteiger partial charge in [-0.2, -0.15) is 0 Å². The predicted octanol–water partition coefficient (Wildman–Crippen LogP) is 3.21. The first-order chi connectivity index (χ1) is 16.3.